The molecular weight excluding hydrogens is 441 g/mol. The summed E-state index contributed by atoms with van der Waals surface area (Å²) >= 11 is 6.20. The van der Waals surface area contributed by atoms with Crippen molar-refractivity contribution in [3.05, 3.63) is 82.6 Å². The first-order valence-electron chi connectivity index (χ1n) is 9.44. The van der Waals surface area contributed by atoms with Gasteiger partial charge in [0.1, 0.15) is 22.1 Å². The zero-order chi connectivity index (χ0) is 22.2. The van der Waals surface area contributed by atoms with E-state index in [1.807, 2.05) is 0 Å². The highest BCUT2D eigenvalue weighted by atomic mass is 35.5. The molecule has 3 aromatic rings. The molecule has 2 N–H and O–H groups in total. The fourth-order valence-electron chi connectivity index (χ4n) is 3.24. The maximum absolute atomic E-state index is 14.1. The minimum absolute atomic E-state index is 0.0204. The predicted molar refractivity (Wildman–Crippen MR) is 119 cm³/mol. The van der Waals surface area contributed by atoms with Crippen molar-refractivity contribution in [3.63, 3.8) is 0 Å². The monoisotopic (exact) mass is 459 g/mol. The Hall–Kier alpha value is -3.10. The number of anilines is 1. The highest BCUT2D eigenvalue weighted by Crippen LogP contribution is 2.40. The molecule has 0 amide bonds. The largest absolute Gasteiger partial charge is 0.454 e. The molecule has 0 aromatic heterocycles. The van der Waals surface area contributed by atoms with Crippen LogP contribution in [0.4, 0.5) is 10.1 Å². The maximum atomic E-state index is 14.1. The van der Waals surface area contributed by atoms with E-state index < -0.39 is 21.9 Å². The molecule has 1 heterocycles. The van der Waals surface area contributed by atoms with Gasteiger partial charge >= 0.3 is 0 Å². The summed E-state index contributed by atoms with van der Waals surface area (Å²) in [4.78, 5) is 4.36. The number of aryl methyl sites for hydroxylation is 1. The van der Waals surface area contributed by atoms with Crippen molar-refractivity contribution in [2.45, 2.75) is 24.8 Å². The van der Waals surface area contributed by atoms with E-state index in [9.17, 15) is 12.8 Å². The van der Waals surface area contributed by atoms with Gasteiger partial charge in [-0.15, -0.1) is 0 Å². The molecule has 0 aliphatic carbocycles. The molecule has 160 valence electrons. The van der Waals surface area contributed by atoms with E-state index in [-0.39, 0.29) is 22.3 Å². The number of sulfonamides is 1. The van der Waals surface area contributed by atoms with Crippen molar-refractivity contribution in [2.75, 3.05) is 5.32 Å². The van der Waals surface area contributed by atoms with Gasteiger partial charge in [0, 0.05) is 5.56 Å². The number of para-hydroxylation sites is 1. The Bertz CT molecular complexity index is 1290. The van der Waals surface area contributed by atoms with Crippen LogP contribution >= 0.6 is 11.6 Å². The van der Waals surface area contributed by atoms with E-state index in [0.29, 0.717) is 21.9 Å². The standard InChI is InChI=1S/C22H19ClFN3O3S/c1-13-11-19(30-18-10-6-4-8-16(18)23)21-20(12-13)31(28,29)27-22(26-21)25-14(2)15-7-3-5-9-17(15)24/h3-12,14H,1-2H3,(H2,25,26,27)/t14-/m1/s1. The second-order valence-electron chi connectivity index (χ2n) is 7.07. The van der Waals surface area contributed by atoms with Crippen LogP contribution in [0.1, 0.15) is 24.1 Å². The number of guanidine groups is 1. The maximum Gasteiger partial charge on any atom is 0.266 e. The molecule has 0 saturated carbocycles. The van der Waals surface area contributed by atoms with Gasteiger partial charge in [0.2, 0.25) is 5.96 Å². The average molecular weight is 460 g/mol. The number of benzene rings is 3. The van der Waals surface area contributed by atoms with Crippen molar-refractivity contribution in [1.82, 2.24) is 4.72 Å². The molecule has 0 saturated heterocycles. The third kappa shape index (κ3) is 4.35. The number of aliphatic imine (C=N–C) groups is 1. The van der Waals surface area contributed by atoms with Gasteiger partial charge in [-0.05, 0) is 49.7 Å². The summed E-state index contributed by atoms with van der Waals surface area (Å²) in [7, 11) is -3.93. The van der Waals surface area contributed by atoms with Gasteiger partial charge in [-0.25, -0.2) is 22.5 Å². The summed E-state index contributed by atoms with van der Waals surface area (Å²) in [6.07, 6.45) is 0. The Kier molecular flexibility index (Phi) is 5.60. The van der Waals surface area contributed by atoms with E-state index in [4.69, 9.17) is 16.3 Å². The van der Waals surface area contributed by atoms with E-state index in [1.165, 1.54) is 12.1 Å². The Labute approximate surface area is 184 Å². The van der Waals surface area contributed by atoms with Gasteiger partial charge in [-0.1, -0.05) is 41.9 Å². The van der Waals surface area contributed by atoms with Gasteiger partial charge in [-0.3, -0.25) is 0 Å². The van der Waals surface area contributed by atoms with Crippen LogP contribution in [0.15, 0.2) is 70.6 Å². The first kappa shape index (κ1) is 21.1. The minimum atomic E-state index is -3.93. The number of halogens is 2. The molecule has 4 rings (SSSR count). The van der Waals surface area contributed by atoms with Crippen molar-refractivity contribution in [3.8, 4) is 11.5 Å². The van der Waals surface area contributed by atoms with Crippen LogP contribution < -0.4 is 14.8 Å². The van der Waals surface area contributed by atoms with Crippen LogP contribution in [-0.2, 0) is 10.0 Å². The summed E-state index contributed by atoms with van der Waals surface area (Å²) in [6, 6.07) is 15.7. The zero-order valence-electron chi connectivity index (χ0n) is 16.7. The Balaban J connectivity index is 1.76. The highest BCUT2D eigenvalue weighted by molar-refractivity contribution is 7.90. The number of nitrogens with zero attached hydrogens (tertiary/aromatic N) is 1. The number of nitrogens with one attached hydrogen (secondary N) is 2. The fraction of sp³-hybridized carbons (Fsp3) is 0.136. The summed E-state index contributed by atoms with van der Waals surface area (Å²) < 4.78 is 48.3. The number of hydrogen-bond donors (Lipinski definition) is 2. The van der Waals surface area contributed by atoms with E-state index in [1.54, 1.807) is 62.4 Å². The second-order valence-corrected chi connectivity index (χ2v) is 9.13. The Morgan fingerprint density at radius 3 is 2.52 bits per heavy atom. The normalized spacial score (nSPS) is 16.7. The highest BCUT2D eigenvalue weighted by Gasteiger charge is 2.30. The summed E-state index contributed by atoms with van der Waals surface area (Å²) in [6.45, 7) is 3.44. The second kappa shape index (κ2) is 8.20. The molecule has 1 atom stereocenters. The summed E-state index contributed by atoms with van der Waals surface area (Å²) in [5.41, 5.74) is 1.26. The van der Waals surface area contributed by atoms with Crippen LogP contribution in [0.3, 0.4) is 0 Å². The lowest BCUT2D eigenvalue weighted by molar-refractivity contribution is 0.482. The first-order valence-corrected chi connectivity index (χ1v) is 11.3. The lowest BCUT2D eigenvalue weighted by Crippen LogP contribution is -2.41. The molecule has 1 aliphatic rings. The Morgan fingerprint density at radius 2 is 1.77 bits per heavy atom. The number of fused-ring (bicyclic) bond motifs is 1. The molecule has 0 unspecified atom stereocenters. The van der Waals surface area contributed by atoms with Crippen LogP contribution in [-0.4, -0.2) is 14.4 Å². The molecular formula is C22H19ClFN3O3S. The van der Waals surface area contributed by atoms with Crippen LogP contribution in [0.5, 0.6) is 11.5 Å². The number of rotatable bonds is 4. The van der Waals surface area contributed by atoms with E-state index in [0.717, 1.165) is 0 Å². The predicted octanol–water partition coefficient (Wildman–Crippen LogP) is 5.40. The minimum Gasteiger partial charge on any atom is -0.454 e. The summed E-state index contributed by atoms with van der Waals surface area (Å²) in [5, 5.41) is 3.36. The first-order chi connectivity index (χ1) is 14.7. The SMILES string of the molecule is Cc1cc(Oc2ccccc2Cl)c2c(c1)S(=O)(=O)NC(=N[C@H](C)c1ccccc1F)N2. The van der Waals surface area contributed by atoms with Crippen LogP contribution in [0, 0.1) is 12.7 Å². The lowest BCUT2D eigenvalue weighted by Gasteiger charge is -2.25. The van der Waals surface area contributed by atoms with Crippen molar-refractivity contribution in [2.24, 2.45) is 4.99 Å². The fourth-order valence-corrected chi connectivity index (χ4v) is 4.65. The molecule has 0 bridgehead atoms. The molecule has 6 nitrogen and oxygen atoms in total. The quantitative estimate of drug-likeness (QED) is 0.547. The summed E-state index contributed by atoms with van der Waals surface area (Å²) in [5.74, 6) is 0.209. The molecule has 9 heteroatoms. The molecule has 3 aromatic carbocycles. The third-order valence-corrected chi connectivity index (χ3v) is 6.38. The van der Waals surface area contributed by atoms with Crippen molar-refractivity contribution >= 4 is 33.3 Å². The van der Waals surface area contributed by atoms with Gasteiger partial charge in [-0.2, -0.15) is 0 Å². The van der Waals surface area contributed by atoms with E-state index >= 15 is 0 Å². The molecule has 0 spiro atoms. The van der Waals surface area contributed by atoms with Crippen LogP contribution in [0.25, 0.3) is 0 Å². The number of hydrogen-bond acceptors (Lipinski definition) is 4. The molecule has 0 radical (unpaired) electrons. The van der Waals surface area contributed by atoms with Crippen molar-refractivity contribution < 1.29 is 17.5 Å². The topological polar surface area (TPSA) is 79.8 Å². The van der Waals surface area contributed by atoms with Gasteiger partial charge in [0.15, 0.2) is 5.75 Å². The smallest absolute Gasteiger partial charge is 0.266 e. The molecule has 31 heavy (non-hydrogen) atoms. The van der Waals surface area contributed by atoms with E-state index in [2.05, 4.69) is 15.0 Å². The van der Waals surface area contributed by atoms with Crippen LogP contribution in [0.2, 0.25) is 5.02 Å². The average Bonchev–Trinajstić information content (AvgIpc) is 2.70. The van der Waals surface area contributed by atoms with Gasteiger partial charge in [0.05, 0.1) is 11.1 Å². The lowest BCUT2D eigenvalue weighted by atomic mass is 10.1. The van der Waals surface area contributed by atoms with Gasteiger partial charge in [0.25, 0.3) is 10.0 Å². The Morgan fingerprint density at radius 1 is 1.06 bits per heavy atom. The molecule has 0 fully saturated rings. The molecule has 1 aliphatic heterocycles. The van der Waals surface area contributed by atoms with Gasteiger partial charge < -0.3 is 10.1 Å². The zero-order valence-corrected chi connectivity index (χ0v) is 18.3. The van der Waals surface area contributed by atoms with Crippen molar-refractivity contribution in [1.29, 1.82) is 0 Å². The number of ether oxygens (including phenoxy) is 1. The third-order valence-electron chi connectivity index (χ3n) is 4.71.